The van der Waals surface area contributed by atoms with E-state index in [1.807, 2.05) is 49.6 Å². The topological polar surface area (TPSA) is 97.7 Å². The lowest BCUT2D eigenvalue weighted by Gasteiger charge is -2.13. The van der Waals surface area contributed by atoms with E-state index in [1.165, 1.54) is 32.3 Å². The van der Waals surface area contributed by atoms with Gasteiger partial charge in [0, 0.05) is 36.9 Å². The van der Waals surface area contributed by atoms with Crippen molar-refractivity contribution in [2.24, 2.45) is 0 Å². The minimum absolute atomic E-state index is 0.0472. The quantitative estimate of drug-likeness (QED) is 0.535. The zero-order chi connectivity index (χ0) is 24.3. The van der Waals surface area contributed by atoms with Crippen LogP contribution in [0.4, 0.5) is 5.69 Å². The predicted octanol–water partition coefficient (Wildman–Crippen LogP) is 3.45. The van der Waals surface area contributed by atoms with Gasteiger partial charge < -0.3 is 14.6 Å². The molecule has 174 valence electrons. The van der Waals surface area contributed by atoms with Crippen molar-refractivity contribution in [1.29, 1.82) is 0 Å². The summed E-state index contributed by atoms with van der Waals surface area (Å²) in [6, 6.07) is 15.5. The number of aromatic nitrogens is 1. The summed E-state index contributed by atoms with van der Waals surface area (Å²) in [5, 5.41) is 2.56. The number of benzene rings is 2. The number of carbonyl (C=O) groups excluding carboxylic acids is 2. The highest BCUT2D eigenvalue weighted by atomic mass is 32.2. The number of sulfonamides is 1. The smallest absolute Gasteiger partial charge is 0.340 e. The number of nitrogens with zero attached hydrogens (tertiary/aromatic N) is 2. The number of anilines is 1. The van der Waals surface area contributed by atoms with E-state index in [0.717, 1.165) is 21.2 Å². The number of nitrogens with one attached hydrogen (secondary N) is 1. The van der Waals surface area contributed by atoms with Crippen molar-refractivity contribution in [1.82, 2.24) is 8.87 Å². The summed E-state index contributed by atoms with van der Waals surface area (Å²) in [6.45, 7) is 5.22. The van der Waals surface area contributed by atoms with Gasteiger partial charge >= 0.3 is 5.97 Å². The van der Waals surface area contributed by atoms with Gasteiger partial charge in [0.15, 0.2) is 6.61 Å². The Balaban J connectivity index is 1.69. The van der Waals surface area contributed by atoms with Gasteiger partial charge in [0.05, 0.1) is 10.5 Å². The van der Waals surface area contributed by atoms with Crippen LogP contribution < -0.4 is 5.32 Å². The second-order valence-electron chi connectivity index (χ2n) is 7.85. The number of aryl methyl sites for hydroxylation is 2. The van der Waals surface area contributed by atoms with Crippen molar-refractivity contribution in [3.05, 3.63) is 77.1 Å². The molecule has 0 spiro atoms. The van der Waals surface area contributed by atoms with Gasteiger partial charge in [0.2, 0.25) is 10.0 Å². The molecule has 0 saturated heterocycles. The molecule has 9 heteroatoms. The molecule has 1 heterocycles. The molecule has 0 bridgehead atoms. The van der Waals surface area contributed by atoms with Gasteiger partial charge in [-0.05, 0) is 56.7 Å². The number of hydrogen-bond donors (Lipinski definition) is 1. The Morgan fingerprint density at radius 1 is 1.00 bits per heavy atom. The number of carbonyl (C=O) groups is 2. The molecule has 0 unspecified atom stereocenters. The molecule has 0 aliphatic rings. The lowest BCUT2D eigenvalue weighted by Crippen LogP contribution is -2.23. The van der Waals surface area contributed by atoms with Crippen LogP contribution in [-0.4, -0.2) is 49.9 Å². The molecule has 1 aromatic heterocycles. The number of amides is 1. The van der Waals surface area contributed by atoms with E-state index in [1.54, 1.807) is 12.1 Å². The average Bonchev–Trinajstić information content (AvgIpc) is 3.06. The Labute approximate surface area is 193 Å². The molecule has 3 rings (SSSR count). The monoisotopic (exact) mass is 469 g/mol. The van der Waals surface area contributed by atoms with Crippen LogP contribution in [0.3, 0.4) is 0 Å². The van der Waals surface area contributed by atoms with Gasteiger partial charge in [-0.3, -0.25) is 4.79 Å². The van der Waals surface area contributed by atoms with Gasteiger partial charge in [-0.25, -0.2) is 17.5 Å². The second kappa shape index (κ2) is 9.60. The second-order valence-corrected chi connectivity index (χ2v) is 10.00. The van der Waals surface area contributed by atoms with E-state index >= 15 is 0 Å². The van der Waals surface area contributed by atoms with Gasteiger partial charge in [0.25, 0.3) is 5.91 Å². The van der Waals surface area contributed by atoms with Crippen LogP contribution in [0.2, 0.25) is 0 Å². The van der Waals surface area contributed by atoms with E-state index in [0.29, 0.717) is 11.3 Å². The summed E-state index contributed by atoms with van der Waals surface area (Å²) >= 11 is 0. The number of esters is 1. The lowest BCUT2D eigenvalue weighted by molar-refractivity contribution is -0.119. The molecule has 8 nitrogen and oxygen atoms in total. The third-order valence-electron chi connectivity index (χ3n) is 5.24. The van der Waals surface area contributed by atoms with Crippen LogP contribution in [0.15, 0.2) is 59.5 Å². The standard InChI is InChI=1S/C24H27N3O5S/c1-16-9-6-7-12-22(16)27-17(2)13-21(18(27)3)24(29)32-15-23(28)25-19-10-8-11-20(14-19)33(30,31)26(4)5/h6-14H,15H2,1-5H3,(H,25,28). The maximum Gasteiger partial charge on any atom is 0.340 e. The first-order chi connectivity index (χ1) is 15.5. The van der Waals surface area contributed by atoms with Crippen LogP contribution in [-0.2, 0) is 19.6 Å². The zero-order valence-electron chi connectivity index (χ0n) is 19.2. The molecule has 33 heavy (non-hydrogen) atoms. The van der Waals surface area contributed by atoms with Crippen molar-refractivity contribution < 1.29 is 22.7 Å². The van der Waals surface area contributed by atoms with Crippen molar-refractivity contribution in [3.8, 4) is 5.69 Å². The summed E-state index contributed by atoms with van der Waals surface area (Å²) in [7, 11) is -0.782. The summed E-state index contributed by atoms with van der Waals surface area (Å²) < 4.78 is 32.8. The number of para-hydroxylation sites is 1. The fourth-order valence-electron chi connectivity index (χ4n) is 3.51. The van der Waals surface area contributed by atoms with Crippen LogP contribution in [0, 0.1) is 20.8 Å². The number of rotatable bonds is 7. The molecular formula is C24H27N3O5S. The van der Waals surface area contributed by atoms with Crippen LogP contribution in [0.1, 0.15) is 27.3 Å². The molecule has 0 aliphatic heterocycles. The first-order valence-corrected chi connectivity index (χ1v) is 11.7. The zero-order valence-corrected chi connectivity index (χ0v) is 20.1. The summed E-state index contributed by atoms with van der Waals surface area (Å²) in [4.78, 5) is 25.0. The molecule has 0 fully saturated rings. The summed E-state index contributed by atoms with van der Waals surface area (Å²) in [5.41, 5.74) is 4.29. The van der Waals surface area contributed by atoms with Crippen molar-refractivity contribution in [2.45, 2.75) is 25.7 Å². The van der Waals surface area contributed by atoms with Crippen molar-refractivity contribution >= 4 is 27.6 Å². The number of ether oxygens (including phenoxy) is 1. The highest BCUT2D eigenvalue weighted by molar-refractivity contribution is 7.89. The van der Waals surface area contributed by atoms with Crippen LogP contribution in [0.25, 0.3) is 5.69 Å². The van der Waals surface area contributed by atoms with E-state index in [2.05, 4.69) is 5.32 Å². The summed E-state index contributed by atoms with van der Waals surface area (Å²) in [6.07, 6.45) is 0. The van der Waals surface area contributed by atoms with E-state index in [4.69, 9.17) is 4.74 Å². The van der Waals surface area contributed by atoms with Gasteiger partial charge in [-0.2, -0.15) is 0 Å². The molecule has 0 radical (unpaired) electrons. The normalized spacial score (nSPS) is 11.5. The minimum atomic E-state index is -3.64. The van der Waals surface area contributed by atoms with Gasteiger partial charge in [-0.15, -0.1) is 0 Å². The fraction of sp³-hybridized carbons (Fsp3) is 0.250. The first-order valence-electron chi connectivity index (χ1n) is 10.3. The Kier molecular flexibility index (Phi) is 7.04. The molecule has 1 N–H and O–H groups in total. The Morgan fingerprint density at radius 2 is 1.70 bits per heavy atom. The average molecular weight is 470 g/mol. The maximum atomic E-state index is 12.7. The molecule has 2 aromatic carbocycles. The molecule has 0 saturated carbocycles. The van der Waals surface area contributed by atoms with Crippen LogP contribution >= 0.6 is 0 Å². The molecule has 0 atom stereocenters. The van der Waals surface area contributed by atoms with Crippen LogP contribution in [0.5, 0.6) is 0 Å². The van der Waals surface area contributed by atoms with Crippen molar-refractivity contribution in [3.63, 3.8) is 0 Å². The molecular weight excluding hydrogens is 442 g/mol. The Bertz CT molecular complexity index is 1310. The van der Waals surface area contributed by atoms with E-state index in [-0.39, 0.29) is 10.6 Å². The number of hydrogen-bond acceptors (Lipinski definition) is 5. The van der Waals surface area contributed by atoms with Gasteiger partial charge in [0.1, 0.15) is 0 Å². The third-order valence-corrected chi connectivity index (χ3v) is 7.05. The van der Waals surface area contributed by atoms with Crippen molar-refractivity contribution in [2.75, 3.05) is 26.0 Å². The largest absolute Gasteiger partial charge is 0.452 e. The van der Waals surface area contributed by atoms with Gasteiger partial charge in [-0.1, -0.05) is 24.3 Å². The SMILES string of the molecule is Cc1ccccc1-n1c(C)cc(C(=O)OCC(=O)Nc2cccc(S(=O)(=O)N(C)C)c2)c1C. The molecule has 0 aliphatic carbocycles. The maximum absolute atomic E-state index is 12.7. The highest BCUT2D eigenvalue weighted by Crippen LogP contribution is 2.24. The Morgan fingerprint density at radius 3 is 2.36 bits per heavy atom. The molecule has 1 amide bonds. The van der Waals surface area contributed by atoms with E-state index in [9.17, 15) is 18.0 Å². The third kappa shape index (κ3) is 5.15. The van der Waals surface area contributed by atoms with E-state index < -0.39 is 28.5 Å². The lowest BCUT2D eigenvalue weighted by atomic mass is 10.2. The Hall–Kier alpha value is -3.43. The first kappa shape index (κ1) is 24.2. The fourth-order valence-corrected chi connectivity index (χ4v) is 4.45. The predicted molar refractivity (Wildman–Crippen MR) is 126 cm³/mol. The summed E-state index contributed by atoms with van der Waals surface area (Å²) in [5.74, 6) is -1.18. The minimum Gasteiger partial charge on any atom is -0.452 e. The highest BCUT2D eigenvalue weighted by Gasteiger charge is 2.20. The molecule has 3 aromatic rings.